The normalized spacial score (nSPS) is 12.9. The highest BCUT2D eigenvalue weighted by atomic mass is 19.1. The van der Waals surface area contributed by atoms with Gasteiger partial charge in [-0.3, -0.25) is 4.79 Å². The molecule has 0 saturated heterocycles. The number of carbonyl (C=O) groups excluding carboxylic acids is 1. The summed E-state index contributed by atoms with van der Waals surface area (Å²) in [5.74, 6) is -0.483. The molecule has 1 rings (SSSR count). The second-order valence-electron chi connectivity index (χ2n) is 3.42. The predicted molar refractivity (Wildman–Crippen MR) is 61.0 cm³/mol. The van der Waals surface area contributed by atoms with E-state index in [1.807, 2.05) is 19.1 Å². The van der Waals surface area contributed by atoms with Crippen LogP contribution in [0.5, 0.6) is 0 Å². The number of Topliss-reactive ketones (excluding diaryl/α,β-unsaturated/α-hetero) is 1. The maximum absolute atomic E-state index is 12.6. The van der Waals surface area contributed by atoms with Gasteiger partial charge in [0, 0.05) is 5.56 Å². The van der Waals surface area contributed by atoms with Gasteiger partial charge in [0.1, 0.15) is 11.9 Å². The van der Waals surface area contributed by atoms with Crippen LogP contribution in [0.1, 0.15) is 24.2 Å². The standard InChI is InChI=1S/C13H15FO2/c1-3-4-9-16-10(2)13(15)11-5-7-12(14)8-6-11/h3-8,10H,9H2,1-2H3. The summed E-state index contributed by atoms with van der Waals surface area (Å²) < 4.78 is 17.9. The first-order valence-electron chi connectivity index (χ1n) is 5.17. The van der Waals surface area contributed by atoms with Crippen LogP contribution in [0.2, 0.25) is 0 Å². The minimum absolute atomic E-state index is 0.135. The van der Waals surface area contributed by atoms with Crippen LogP contribution in [0.4, 0.5) is 4.39 Å². The highest BCUT2D eigenvalue weighted by Crippen LogP contribution is 2.08. The second-order valence-corrected chi connectivity index (χ2v) is 3.42. The Morgan fingerprint density at radius 1 is 1.44 bits per heavy atom. The highest BCUT2D eigenvalue weighted by molar-refractivity contribution is 5.99. The molecule has 16 heavy (non-hydrogen) atoms. The van der Waals surface area contributed by atoms with E-state index in [1.54, 1.807) is 6.92 Å². The number of benzene rings is 1. The molecular weight excluding hydrogens is 207 g/mol. The maximum atomic E-state index is 12.6. The summed E-state index contributed by atoms with van der Waals surface area (Å²) in [6.07, 6.45) is 3.17. The number of halogens is 1. The van der Waals surface area contributed by atoms with E-state index in [1.165, 1.54) is 24.3 Å². The Kier molecular flexibility index (Phi) is 4.86. The van der Waals surface area contributed by atoms with Crippen LogP contribution >= 0.6 is 0 Å². The molecule has 1 atom stereocenters. The Morgan fingerprint density at radius 3 is 2.62 bits per heavy atom. The third-order valence-electron chi connectivity index (χ3n) is 2.18. The fraction of sp³-hybridized carbons (Fsp3) is 0.308. The summed E-state index contributed by atoms with van der Waals surface area (Å²) in [5.41, 5.74) is 0.467. The molecule has 86 valence electrons. The lowest BCUT2D eigenvalue weighted by Gasteiger charge is -2.10. The van der Waals surface area contributed by atoms with Gasteiger partial charge in [0.05, 0.1) is 6.61 Å². The van der Waals surface area contributed by atoms with Crippen molar-refractivity contribution in [1.82, 2.24) is 0 Å². The molecule has 2 nitrogen and oxygen atoms in total. The van der Waals surface area contributed by atoms with Crippen molar-refractivity contribution >= 4 is 5.78 Å². The predicted octanol–water partition coefficient (Wildman–Crippen LogP) is 2.99. The quantitative estimate of drug-likeness (QED) is 0.565. The molecule has 1 unspecified atom stereocenters. The van der Waals surface area contributed by atoms with Gasteiger partial charge in [-0.15, -0.1) is 0 Å². The van der Waals surface area contributed by atoms with Crippen molar-refractivity contribution in [3.8, 4) is 0 Å². The minimum atomic E-state index is -0.512. The lowest BCUT2D eigenvalue weighted by molar-refractivity contribution is 0.0566. The number of ether oxygens (including phenoxy) is 1. The summed E-state index contributed by atoms with van der Waals surface area (Å²) in [7, 11) is 0. The van der Waals surface area contributed by atoms with Crippen LogP contribution in [0.3, 0.4) is 0 Å². The number of carbonyl (C=O) groups is 1. The molecule has 0 heterocycles. The zero-order valence-electron chi connectivity index (χ0n) is 9.44. The average molecular weight is 222 g/mol. The van der Waals surface area contributed by atoms with Gasteiger partial charge in [-0.1, -0.05) is 12.2 Å². The molecule has 0 aliphatic carbocycles. The van der Waals surface area contributed by atoms with Gasteiger partial charge >= 0.3 is 0 Å². The van der Waals surface area contributed by atoms with E-state index in [0.717, 1.165) is 0 Å². The number of hydrogen-bond donors (Lipinski definition) is 0. The Labute approximate surface area is 94.7 Å². The fourth-order valence-corrected chi connectivity index (χ4v) is 1.22. The van der Waals surface area contributed by atoms with Crippen LogP contribution in [0.25, 0.3) is 0 Å². The summed E-state index contributed by atoms with van der Waals surface area (Å²) in [5, 5.41) is 0. The number of allylic oxidation sites excluding steroid dienone is 1. The van der Waals surface area contributed by atoms with E-state index in [9.17, 15) is 9.18 Å². The monoisotopic (exact) mass is 222 g/mol. The molecule has 0 bridgehead atoms. The molecule has 0 aliphatic rings. The summed E-state index contributed by atoms with van der Waals surface area (Å²) in [6, 6.07) is 5.47. The third-order valence-corrected chi connectivity index (χ3v) is 2.18. The molecule has 0 aliphatic heterocycles. The Balaban J connectivity index is 2.59. The summed E-state index contributed by atoms with van der Waals surface area (Å²) >= 11 is 0. The first-order chi connectivity index (χ1) is 7.65. The molecule has 0 spiro atoms. The average Bonchev–Trinajstić information content (AvgIpc) is 2.29. The van der Waals surface area contributed by atoms with E-state index in [-0.39, 0.29) is 11.6 Å². The van der Waals surface area contributed by atoms with Gasteiger partial charge in [0.15, 0.2) is 5.78 Å². The van der Waals surface area contributed by atoms with Crippen molar-refractivity contribution in [1.29, 1.82) is 0 Å². The second kappa shape index (κ2) is 6.18. The molecule has 0 saturated carbocycles. The number of ketones is 1. The molecule has 0 amide bonds. The largest absolute Gasteiger partial charge is 0.366 e. The van der Waals surface area contributed by atoms with Crippen molar-refractivity contribution in [2.24, 2.45) is 0 Å². The molecule has 0 aromatic heterocycles. The van der Waals surface area contributed by atoms with Gasteiger partial charge in [-0.25, -0.2) is 4.39 Å². The van der Waals surface area contributed by atoms with Crippen LogP contribution < -0.4 is 0 Å². The van der Waals surface area contributed by atoms with Crippen LogP contribution in [-0.2, 0) is 4.74 Å². The van der Waals surface area contributed by atoms with Crippen LogP contribution in [0.15, 0.2) is 36.4 Å². The van der Waals surface area contributed by atoms with Crippen molar-refractivity contribution in [3.05, 3.63) is 47.8 Å². The third kappa shape index (κ3) is 3.59. The molecule has 0 radical (unpaired) electrons. The molecule has 0 N–H and O–H groups in total. The van der Waals surface area contributed by atoms with Gasteiger partial charge in [-0.2, -0.15) is 0 Å². The SMILES string of the molecule is CC=CCOC(C)C(=O)c1ccc(F)cc1. The zero-order chi connectivity index (χ0) is 12.0. The number of rotatable bonds is 5. The lowest BCUT2D eigenvalue weighted by Crippen LogP contribution is -2.20. The maximum Gasteiger partial charge on any atom is 0.191 e. The van der Waals surface area contributed by atoms with Gasteiger partial charge in [0.2, 0.25) is 0 Å². The molecule has 1 aromatic rings. The first-order valence-corrected chi connectivity index (χ1v) is 5.17. The van der Waals surface area contributed by atoms with Crippen LogP contribution in [-0.4, -0.2) is 18.5 Å². The Hall–Kier alpha value is -1.48. The van der Waals surface area contributed by atoms with Gasteiger partial charge in [0.25, 0.3) is 0 Å². The Bertz CT molecular complexity index is 368. The summed E-state index contributed by atoms with van der Waals surface area (Å²) in [6.45, 7) is 3.98. The topological polar surface area (TPSA) is 26.3 Å². The zero-order valence-corrected chi connectivity index (χ0v) is 9.44. The molecule has 3 heteroatoms. The number of hydrogen-bond acceptors (Lipinski definition) is 2. The van der Waals surface area contributed by atoms with Gasteiger partial charge < -0.3 is 4.74 Å². The first kappa shape index (κ1) is 12.6. The smallest absolute Gasteiger partial charge is 0.191 e. The lowest BCUT2D eigenvalue weighted by atomic mass is 10.1. The van der Waals surface area contributed by atoms with E-state index >= 15 is 0 Å². The van der Waals surface area contributed by atoms with Gasteiger partial charge in [-0.05, 0) is 38.1 Å². The minimum Gasteiger partial charge on any atom is -0.366 e. The fourth-order valence-electron chi connectivity index (χ4n) is 1.22. The molecular formula is C13H15FO2. The van der Waals surface area contributed by atoms with Crippen molar-refractivity contribution < 1.29 is 13.9 Å². The van der Waals surface area contributed by atoms with E-state index in [2.05, 4.69) is 0 Å². The van der Waals surface area contributed by atoms with E-state index in [4.69, 9.17) is 4.74 Å². The van der Waals surface area contributed by atoms with Crippen molar-refractivity contribution in [2.45, 2.75) is 20.0 Å². The van der Waals surface area contributed by atoms with Crippen molar-refractivity contribution in [2.75, 3.05) is 6.61 Å². The Morgan fingerprint density at radius 2 is 2.06 bits per heavy atom. The van der Waals surface area contributed by atoms with E-state index < -0.39 is 6.10 Å². The summed E-state index contributed by atoms with van der Waals surface area (Å²) in [4.78, 5) is 11.8. The highest BCUT2D eigenvalue weighted by Gasteiger charge is 2.14. The van der Waals surface area contributed by atoms with Crippen LogP contribution in [0, 0.1) is 5.82 Å². The molecule has 1 aromatic carbocycles. The van der Waals surface area contributed by atoms with Crippen molar-refractivity contribution in [3.63, 3.8) is 0 Å². The van der Waals surface area contributed by atoms with E-state index in [0.29, 0.717) is 12.2 Å². The molecule has 0 fully saturated rings.